The summed E-state index contributed by atoms with van der Waals surface area (Å²) >= 11 is 0. The lowest BCUT2D eigenvalue weighted by molar-refractivity contribution is 0.566. The molecule has 33 heavy (non-hydrogen) atoms. The summed E-state index contributed by atoms with van der Waals surface area (Å²) in [5.74, 6) is 1.39. The highest BCUT2D eigenvalue weighted by atomic mass is 32.2. The Bertz CT molecular complexity index is 1420. The van der Waals surface area contributed by atoms with Crippen LogP contribution in [0.1, 0.15) is 43.5 Å². The van der Waals surface area contributed by atoms with Crippen molar-refractivity contribution in [1.29, 1.82) is 0 Å². The molecule has 0 amide bonds. The molecule has 0 saturated carbocycles. The van der Waals surface area contributed by atoms with Crippen molar-refractivity contribution >= 4 is 21.1 Å². The molecule has 4 aromatic heterocycles. The van der Waals surface area contributed by atoms with Gasteiger partial charge in [-0.05, 0) is 45.9 Å². The van der Waals surface area contributed by atoms with E-state index in [-0.39, 0.29) is 0 Å². The average molecular weight is 467 g/mol. The Kier molecular flexibility index (Phi) is 5.45. The van der Waals surface area contributed by atoms with Crippen molar-refractivity contribution in [2.24, 2.45) is 0 Å². The molecule has 1 unspecified atom stereocenters. The molecule has 0 aromatic carbocycles. The van der Waals surface area contributed by atoms with Gasteiger partial charge in [0, 0.05) is 30.9 Å². The second kappa shape index (κ2) is 8.31. The number of nitrogens with zero attached hydrogens (tertiary/aromatic N) is 7. The van der Waals surface area contributed by atoms with Gasteiger partial charge < -0.3 is 9.88 Å². The fourth-order valence-corrected chi connectivity index (χ4v) is 5.81. The molecule has 1 fully saturated rings. The van der Waals surface area contributed by atoms with Crippen LogP contribution in [0.2, 0.25) is 0 Å². The number of hydrogen-bond donors (Lipinski definition) is 1. The Morgan fingerprint density at radius 3 is 2.79 bits per heavy atom. The zero-order valence-corrected chi connectivity index (χ0v) is 19.6. The molecule has 1 N–H and O–H groups in total. The Hall–Kier alpha value is -3.18. The number of hydrogen-bond acceptors (Lipinski definition) is 8. The SMILES string of the molecule is Cc1nc2cnc(Cc3ccnc(-c4cnn(S(=O)(=O)C5CCNC5)c4)n3)cc2n1C(C)C. The summed E-state index contributed by atoms with van der Waals surface area (Å²) in [6.07, 6.45) is 7.55. The smallest absolute Gasteiger partial charge is 0.257 e. The molecule has 1 atom stereocenters. The molecule has 0 radical (unpaired) electrons. The molecule has 172 valence electrons. The maximum Gasteiger partial charge on any atom is 0.257 e. The minimum absolute atomic E-state index is 0.295. The molecule has 0 bridgehead atoms. The van der Waals surface area contributed by atoms with Crippen molar-refractivity contribution in [3.63, 3.8) is 0 Å². The van der Waals surface area contributed by atoms with Crippen LogP contribution in [0.4, 0.5) is 0 Å². The maximum atomic E-state index is 12.8. The van der Waals surface area contributed by atoms with Gasteiger partial charge in [0.05, 0.1) is 40.6 Å². The number of rotatable bonds is 6. The molecule has 5 rings (SSSR count). The molecule has 0 aliphatic carbocycles. The molecular formula is C22H26N8O2S. The Labute approximate surface area is 192 Å². The Balaban J connectivity index is 1.41. The number of pyridine rings is 1. The minimum Gasteiger partial charge on any atom is -0.326 e. The fraction of sp³-hybridized carbons (Fsp3) is 0.409. The molecule has 1 saturated heterocycles. The molecule has 1 aliphatic rings. The van der Waals surface area contributed by atoms with Crippen LogP contribution < -0.4 is 5.32 Å². The van der Waals surface area contributed by atoms with Gasteiger partial charge >= 0.3 is 0 Å². The number of imidazole rings is 1. The average Bonchev–Trinajstić information content (AvgIpc) is 3.53. The first-order chi connectivity index (χ1) is 15.8. The zero-order chi connectivity index (χ0) is 23.2. The predicted molar refractivity (Wildman–Crippen MR) is 124 cm³/mol. The van der Waals surface area contributed by atoms with Gasteiger partial charge in [-0.15, -0.1) is 0 Å². The van der Waals surface area contributed by atoms with Crippen molar-refractivity contribution in [1.82, 2.24) is 39.0 Å². The summed E-state index contributed by atoms with van der Waals surface area (Å²) in [7, 11) is -3.55. The van der Waals surface area contributed by atoms with Crippen LogP contribution in [0.25, 0.3) is 22.4 Å². The largest absolute Gasteiger partial charge is 0.326 e. The lowest BCUT2D eigenvalue weighted by Crippen LogP contribution is -2.29. The van der Waals surface area contributed by atoms with Crippen molar-refractivity contribution in [3.05, 3.63) is 54.1 Å². The van der Waals surface area contributed by atoms with E-state index in [1.54, 1.807) is 12.4 Å². The van der Waals surface area contributed by atoms with E-state index >= 15 is 0 Å². The van der Waals surface area contributed by atoms with E-state index in [4.69, 9.17) is 0 Å². The van der Waals surface area contributed by atoms with E-state index in [1.165, 1.54) is 12.4 Å². The van der Waals surface area contributed by atoms with Gasteiger partial charge in [0.25, 0.3) is 10.0 Å². The van der Waals surface area contributed by atoms with Gasteiger partial charge in [-0.25, -0.2) is 23.4 Å². The second-order valence-corrected chi connectivity index (χ2v) is 10.7. The van der Waals surface area contributed by atoms with Crippen LogP contribution in [0.5, 0.6) is 0 Å². The first kappa shape index (κ1) is 21.7. The maximum absolute atomic E-state index is 12.8. The van der Waals surface area contributed by atoms with E-state index in [2.05, 4.69) is 54.8 Å². The summed E-state index contributed by atoms with van der Waals surface area (Å²) in [4.78, 5) is 18.1. The van der Waals surface area contributed by atoms with Crippen LogP contribution in [0.3, 0.4) is 0 Å². The first-order valence-corrected chi connectivity index (χ1v) is 12.5. The van der Waals surface area contributed by atoms with Crippen LogP contribution in [-0.4, -0.2) is 60.4 Å². The molecule has 5 heterocycles. The summed E-state index contributed by atoms with van der Waals surface area (Å²) in [6.45, 7) is 7.40. The number of fused-ring (bicyclic) bond motifs is 1. The highest BCUT2D eigenvalue weighted by Crippen LogP contribution is 2.22. The van der Waals surface area contributed by atoms with E-state index in [9.17, 15) is 8.42 Å². The van der Waals surface area contributed by atoms with Crippen molar-refractivity contribution in [3.8, 4) is 11.4 Å². The van der Waals surface area contributed by atoms with E-state index < -0.39 is 15.3 Å². The van der Waals surface area contributed by atoms with Gasteiger partial charge in [0.15, 0.2) is 5.82 Å². The molecule has 1 aliphatic heterocycles. The molecule has 0 spiro atoms. The normalized spacial score (nSPS) is 16.8. The second-order valence-electron chi connectivity index (χ2n) is 8.60. The van der Waals surface area contributed by atoms with Crippen molar-refractivity contribution in [2.45, 2.75) is 44.9 Å². The van der Waals surface area contributed by atoms with Gasteiger partial charge in [0.1, 0.15) is 11.3 Å². The Morgan fingerprint density at radius 1 is 1.18 bits per heavy atom. The highest BCUT2D eigenvalue weighted by molar-refractivity contribution is 7.90. The van der Waals surface area contributed by atoms with Crippen LogP contribution >= 0.6 is 0 Å². The van der Waals surface area contributed by atoms with Crippen molar-refractivity contribution in [2.75, 3.05) is 13.1 Å². The topological polar surface area (TPSA) is 120 Å². The van der Waals surface area contributed by atoms with Gasteiger partial charge in [-0.3, -0.25) is 4.98 Å². The third-order valence-corrected chi connectivity index (χ3v) is 7.88. The number of aromatic nitrogens is 7. The zero-order valence-electron chi connectivity index (χ0n) is 18.8. The first-order valence-electron chi connectivity index (χ1n) is 11.0. The molecular weight excluding hydrogens is 440 g/mol. The van der Waals surface area contributed by atoms with E-state index in [0.717, 1.165) is 32.3 Å². The van der Waals surface area contributed by atoms with Crippen LogP contribution in [-0.2, 0) is 16.4 Å². The monoisotopic (exact) mass is 466 g/mol. The standard InChI is InChI=1S/C22H26N8O2S/c1-14(2)30-15(3)27-20-12-25-18(9-21(20)30)8-17-4-7-24-22(28-17)16-10-26-29(13-16)33(31,32)19-5-6-23-11-19/h4,7,9-10,12-14,19,23H,5-6,8,11H2,1-3H3. The number of nitrogens with one attached hydrogen (secondary N) is 1. The summed E-state index contributed by atoms with van der Waals surface area (Å²) < 4.78 is 28.8. The van der Waals surface area contributed by atoms with Gasteiger partial charge in [0.2, 0.25) is 0 Å². The Morgan fingerprint density at radius 2 is 2.03 bits per heavy atom. The minimum atomic E-state index is -3.55. The fourth-order valence-electron chi connectivity index (χ4n) is 4.32. The molecule has 10 nitrogen and oxygen atoms in total. The quantitative estimate of drug-likeness (QED) is 0.459. The van der Waals surface area contributed by atoms with E-state index in [1.807, 2.05) is 13.0 Å². The van der Waals surface area contributed by atoms with Gasteiger partial charge in [-0.1, -0.05) is 0 Å². The van der Waals surface area contributed by atoms with Crippen LogP contribution in [0, 0.1) is 6.92 Å². The predicted octanol–water partition coefficient (Wildman–Crippen LogP) is 2.10. The third-order valence-electron chi connectivity index (χ3n) is 5.92. The summed E-state index contributed by atoms with van der Waals surface area (Å²) in [5, 5.41) is 6.70. The summed E-state index contributed by atoms with van der Waals surface area (Å²) in [6, 6.07) is 4.19. The summed E-state index contributed by atoms with van der Waals surface area (Å²) in [5.41, 5.74) is 4.15. The van der Waals surface area contributed by atoms with E-state index in [0.29, 0.717) is 43.4 Å². The lowest BCUT2D eigenvalue weighted by Gasteiger charge is -2.11. The molecule has 11 heteroatoms. The third kappa shape index (κ3) is 4.02. The molecule has 4 aromatic rings. The number of aryl methyl sites for hydroxylation is 1. The lowest BCUT2D eigenvalue weighted by atomic mass is 10.2. The highest BCUT2D eigenvalue weighted by Gasteiger charge is 2.31. The van der Waals surface area contributed by atoms with Crippen LogP contribution in [0.15, 0.2) is 36.9 Å². The van der Waals surface area contributed by atoms with Gasteiger partial charge in [-0.2, -0.15) is 9.19 Å². The van der Waals surface area contributed by atoms with Crippen molar-refractivity contribution < 1.29 is 8.42 Å².